The Balaban J connectivity index is 1.89. The molecule has 0 aliphatic carbocycles. The van der Waals surface area contributed by atoms with Crippen molar-refractivity contribution in [1.29, 1.82) is 0 Å². The van der Waals surface area contributed by atoms with E-state index in [2.05, 4.69) is 15.3 Å². The zero-order valence-electron chi connectivity index (χ0n) is 15.6. The highest BCUT2D eigenvalue weighted by Gasteiger charge is 2.14. The molecular weight excluding hydrogens is 385 g/mol. The quantitative estimate of drug-likeness (QED) is 0.623. The van der Waals surface area contributed by atoms with Gasteiger partial charge in [-0.05, 0) is 35.9 Å². The first-order valence-corrected chi connectivity index (χ1v) is 8.74. The minimum Gasteiger partial charge on any atom is -0.493 e. The third kappa shape index (κ3) is 4.09. The maximum Gasteiger partial charge on any atom is 0.203 e. The van der Waals surface area contributed by atoms with Crippen LogP contribution >= 0.6 is 11.6 Å². The van der Waals surface area contributed by atoms with Crippen LogP contribution < -0.4 is 19.5 Å². The number of ether oxygens (including phenoxy) is 3. The van der Waals surface area contributed by atoms with Crippen LogP contribution in [0.1, 0.15) is 5.56 Å². The second-order valence-corrected chi connectivity index (χ2v) is 6.18. The smallest absolute Gasteiger partial charge is 0.203 e. The minimum atomic E-state index is -0.485. The number of anilines is 1. The zero-order valence-corrected chi connectivity index (χ0v) is 16.4. The van der Waals surface area contributed by atoms with Crippen LogP contribution in [-0.2, 0) is 6.54 Å². The molecule has 0 aliphatic rings. The van der Waals surface area contributed by atoms with Crippen molar-refractivity contribution in [3.05, 3.63) is 59.1 Å². The van der Waals surface area contributed by atoms with Crippen molar-refractivity contribution in [1.82, 2.24) is 9.97 Å². The molecule has 0 spiro atoms. The van der Waals surface area contributed by atoms with E-state index >= 15 is 0 Å². The summed E-state index contributed by atoms with van der Waals surface area (Å²) in [5.41, 5.74) is 2.12. The summed E-state index contributed by atoms with van der Waals surface area (Å²) in [6.07, 6.45) is 3.14. The van der Waals surface area contributed by atoms with Crippen molar-refractivity contribution < 1.29 is 18.6 Å². The molecule has 1 aromatic heterocycles. The number of hydrogen-bond donors (Lipinski definition) is 1. The van der Waals surface area contributed by atoms with Crippen molar-refractivity contribution in [3.63, 3.8) is 0 Å². The Labute approximate surface area is 167 Å². The Morgan fingerprint density at radius 3 is 2.25 bits per heavy atom. The molecule has 0 amide bonds. The third-order valence-electron chi connectivity index (χ3n) is 4.08. The molecule has 0 unspecified atom stereocenters. The van der Waals surface area contributed by atoms with Crippen LogP contribution in [0.2, 0.25) is 5.02 Å². The molecule has 2 aromatic carbocycles. The Kier molecular flexibility index (Phi) is 6.16. The van der Waals surface area contributed by atoms with Gasteiger partial charge in [-0.1, -0.05) is 11.6 Å². The first kappa shape index (κ1) is 19.7. The molecule has 3 aromatic rings. The highest BCUT2D eigenvalue weighted by Crippen LogP contribution is 2.38. The van der Waals surface area contributed by atoms with E-state index < -0.39 is 5.82 Å². The fourth-order valence-electron chi connectivity index (χ4n) is 2.75. The summed E-state index contributed by atoms with van der Waals surface area (Å²) in [5, 5.41) is 3.27. The van der Waals surface area contributed by atoms with Crippen LogP contribution in [0.3, 0.4) is 0 Å². The van der Waals surface area contributed by atoms with E-state index in [1.165, 1.54) is 12.1 Å². The van der Waals surface area contributed by atoms with Gasteiger partial charge in [-0.2, -0.15) is 0 Å². The molecule has 1 heterocycles. The van der Waals surface area contributed by atoms with Gasteiger partial charge < -0.3 is 19.5 Å². The monoisotopic (exact) mass is 403 g/mol. The molecule has 6 nitrogen and oxygen atoms in total. The van der Waals surface area contributed by atoms with Crippen LogP contribution in [0.4, 0.5) is 10.2 Å². The van der Waals surface area contributed by atoms with E-state index in [0.717, 1.165) is 5.56 Å². The minimum absolute atomic E-state index is 0.0266. The van der Waals surface area contributed by atoms with Crippen molar-refractivity contribution >= 4 is 17.4 Å². The van der Waals surface area contributed by atoms with Crippen LogP contribution in [0.5, 0.6) is 17.2 Å². The molecule has 0 bridgehead atoms. The number of nitrogens with zero attached hydrogens (tertiary/aromatic N) is 2. The lowest BCUT2D eigenvalue weighted by Gasteiger charge is -2.15. The Bertz CT molecular complexity index is 960. The van der Waals surface area contributed by atoms with Crippen molar-refractivity contribution in [2.24, 2.45) is 0 Å². The largest absolute Gasteiger partial charge is 0.493 e. The van der Waals surface area contributed by atoms with Crippen molar-refractivity contribution in [3.8, 4) is 28.5 Å². The molecule has 8 heteroatoms. The standard InChI is InChI=1S/C20H19ClFN3O3/c1-26-16-8-12(9-17(27-2)19(16)28-3)11-25-20-18(23-6-7-24-20)13-4-5-15(22)14(21)10-13/h4-10H,11H2,1-3H3,(H,24,25). The average molecular weight is 404 g/mol. The zero-order chi connectivity index (χ0) is 20.1. The van der Waals surface area contributed by atoms with Gasteiger partial charge in [0.2, 0.25) is 5.75 Å². The van der Waals surface area contributed by atoms with Crippen LogP contribution in [0.15, 0.2) is 42.7 Å². The van der Waals surface area contributed by atoms with E-state index in [1.807, 2.05) is 12.1 Å². The summed E-state index contributed by atoms with van der Waals surface area (Å²) in [6, 6.07) is 8.12. The molecule has 0 atom stereocenters. The number of halogens is 2. The number of nitrogens with one attached hydrogen (secondary N) is 1. The number of rotatable bonds is 7. The predicted molar refractivity (Wildman–Crippen MR) is 106 cm³/mol. The summed E-state index contributed by atoms with van der Waals surface area (Å²) in [5.74, 6) is 1.70. The summed E-state index contributed by atoms with van der Waals surface area (Å²) in [7, 11) is 4.68. The summed E-state index contributed by atoms with van der Waals surface area (Å²) >= 11 is 5.90. The molecule has 0 saturated carbocycles. The third-order valence-corrected chi connectivity index (χ3v) is 4.37. The predicted octanol–water partition coefficient (Wildman–Crippen LogP) is 4.57. The average Bonchev–Trinajstić information content (AvgIpc) is 2.73. The van der Waals surface area contributed by atoms with Gasteiger partial charge in [0, 0.05) is 24.5 Å². The lowest BCUT2D eigenvalue weighted by molar-refractivity contribution is 0.324. The van der Waals surface area contributed by atoms with Crippen LogP contribution in [0, 0.1) is 5.82 Å². The molecular formula is C20H19ClFN3O3. The van der Waals surface area contributed by atoms with Crippen LogP contribution in [0.25, 0.3) is 11.3 Å². The Morgan fingerprint density at radius 2 is 1.64 bits per heavy atom. The molecule has 0 saturated heterocycles. The number of hydrogen-bond acceptors (Lipinski definition) is 6. The van der Waals surface area contributed by atoms with Gasteiger partial charge >= 0.3 is 0 Å². The highest BCUT2D eigenvalue weighted by atomic mass is 35.5. The van der Waals surface area contributed by atoms with Crippen molar-refractivity contribution in [2.75, 3.05) is 26.6 Å². The lowest BCUT2D eigenvalue weighted by atomic mass is 10.1. The van der Waals surface area contributed by atoms with E-state index in [-0.39, 0.29) is 5.02 Å². The lowest BCUT2D eigenvalue weighted by Crippen LogP contribution is -2.05. The Hall–Kier alpha value is -3.06. The van der Waals surface area contributed by atoms with E-state index in [1.54, 1.807) is 39.8 Å². The normalized spacial score (nSPS) is 10.5. The second-order valence-electron chi connectivity index (χ2n) is 5.77. The maximum absolute atomic E-state index is 13.5. The number of methoxy groups -OCH3 is 3. The fraction of sp³-hybridized carbons (Fsp3) is 0.200. The van der Waals surface area contributed by atoms with E-state index in [0.29, 0.717) is 40.9 Å². The first-order valence-electron chi connectivity index (χ1n) is 8.36. The van der Waals surface area contributed by atoms with E-state index in [9.17, 15) is 4.39 Å². The SMILES string of the molecule is COc1cc(CNc2nccnc2-c2ccc(F)c(Cl)c2)cc(OC)c1OC. The molecule has 0 fully saturated rings. The van der Waals surface area contributed by atoms with E-state index in [4.69, 9.17) is 25.8 Å². The summed E-state index contributed by atoms with van der Waals surface area (Å²) < 4.78 is 29.6. The molecule has 28 heavy (non-hydrogen) atoms. The summed E-state index contributed by atoms with van der Waals surface area (Å²) in [4.78, 5) is 8.69. The van der Waals surface area contributed by atoms with Gasteiger partial charge in [-0.15, -0.1) is 0 Å². The van der Waals surface area contributed by atoms with Gasteiger partial charge in [0.25, 0.3) is 0 Å². The van der Waals surface area contributed by atoms with Gasteiger partial charge in [-0.25, -0.2) is 9.37 Å². The summed E-state index contributed by atoms with van der Waals surface area (Å²) in [6.45, 7) is 0.428. The number of benzene rings is 2. The molecule has 3 rings (SSSR count). The molecule has 0 aliphatic heterocycles. The second kappa shape index (κ2) is 8.75. The van der Waals surface area contributed by atoms with Gasteiger partial charge in [0.1, 0.15) is 11.5 Å². The Morgan fingerprint density at radius 1 is 0.964 bits per heavy atom. The van der Waals surface area contributed by atoms with Gasteiger partial charge in [-0.3, -0.25) is 4.98 Å². The molecule has 1 N–H and O–H groups in total. The fourth-order valence-corrected chi connectivity index (χ4v) is 2.93. The topological polar surface area (TPSA) is 65.5 Å². The molecule has 0 radical (unpaired) electrons. The first-order chi connectivity index (χ1) is 13.6. The van der Waals surface area contributed by atoms with Crippen LogP contribution in [-0.4, -0.2) is 31.3 Å². The number of aromatic nitrogens is 2. The van der Waals surface area contributed by atoms with Gasteiger partial charge in [0.15, 0.2) is 17.3 Å². The highest BCUT2D eigenvalue weighted by molar-refractivity contribution is 6.31. The molecule has 146 valence electrons. The van der Waals surface area contributed by atoms with Crippen molar-refractivity contribution in [2.45, 2.75) is 6.54 Å². The maximum atomic E-state index is 13.5. The van der Waals surface area contributed by atoms with Gasteiger partial charge in [0.05, 0.1) is 26.4 Å².